The van der Waals surface area contributed by atoms with E-state index in [0.29, 0.717) is 18.4 Å². The lowest BCUT2D eigenvalue weighted by Gasteiger charge is -2.10. The summed E-state index contributed by atoms with van der Waals surface area (Å²) >= 11 is 5.45. The Labute approximate surface area is 85.7 Å². The molecule has 0 aliphatic carbocycles. The minimum atomic E-state index is -4.38. The topological polar surface area (TPSA) is 0 Å². The minimum absolute atomic E-state index is 0.259. The number of hydrogen-bond acceptors (Lipinski definition) is 0. The molecule has 0 fully saturated rings. The van der Waals surface area contributed by atoms with Crippen molar-refractivity contribution in [3.8, 4) is 0 Å². The summed E-state index contributed by atoms with van der Waals surface area (Å²) in [6.07, 6.45) is -3.28. The molecule has 0 aliphatic rings. The van der Waals surface area contributed by atoms with Gasteiger partial charge in [0.2, 0.25) is 0 Å². The van der Waals surface area contributed by atoms with Gasteiger partial charge in [0.05, 0.1) is 10.6 Å². The van der Waals surface area contributed by atoms with Crippen LogP contribution in [0.2, 0.25) is 5.02 Å². The highest BCUT2D eigenvalue weighted by Crippen LogP contribution is 2.35. The predicted molar refractivity (Wildman–Crippen MR) is 50.1 cm³/mol. The van der Waals surface area contributed by atoms with Crippen molar-refractivity contribution in [3.63, 3.8) is 0 Å². The van der Waals surface area contributed by atoms with E-state index >= 15 is 0 Å². The smallest absolute Gasteiger partial charge is 0.166 e. The van der Waals surface area contributed by atoms with Crippen LogP contribution in [0, 0.1) is 6.92 Å². The normalized spacial score (nSPS) is 11.8. The van der Waals surface area contributed by atoms with Crippen LogP contribution in [-0.4, -0.2) is 0 Å². The third-order valence-electron chi connectivity index (χ3n) is 1.80. The maximum absolute atomic E-state index is 12.4. The van der Waals surface area contributed by atoms with E-state index in [1.54, 1.807) is 6.07 Å². The summed E-state index contributed by atoms with van der Waals surface area (Å²) < 4.78 is 37.1. The van der Waals surface area contributed by atoms with Crippen molar-refractivity contribution in [2.24, 2.45) is 0 Å². The Hall–Kier alpha value is -0.700. The largest absolute Gasteiger partial charge is 0.417 e. The summed E-state index contributed by atoms with van der Waals surface area (Å²) in [6.45, 7) is 3.58. The zero-order valence-electron chi connectivity index (χ0n) is 7.37. The van der Waals surface area contributed by atoms with Crippen LogP contribution in [0.3, 0.4) is 0 Å². The molecule has 0 N–H and O–H groups in total. The van der Waals surface area contributed by atoms with Crippen LogP contribution in [0.1, 0.15) is 17.5 Å². The molecule has 0 saturated carbocycles. The number of aryl methyl sites for hydroxylation is 1. The molecule has 1 aromatic carbocycles. The molecule has 0 unspecified atom stereocenters. The first-order valence-electron chi connectivity index (χ1n) is 4.10. The maximum Gasteiger partial charge on any atom is 0.417 e. The predicted octanol–water partition coefficient (Wildman–Crippen LogP) is 4.13. The van der Waals surface area contributed by atoms with Crippen LogP contribution in [0.5, 0.6) is 0 Å². The molecule has 1 aromatic rings. The fourth-order valence-corrected chi connectivity index (χ4v) is 1.37. The zero-order valence-corrected chi connectivity index (χ0v) is 8.12. The summed E-state index contributed by atoms with van der Waals surface area (Å²) in [5.41, 5.74) is -0.165. The number of hydrogen-bond donors (Lipinski definition) is 0. The Balaban J connectivity index is 3.09. The highest BCUT2D eigenvalue weighted by Gasteiger charge is 2.33. The van der Waals surface area contributed by atoms with Crippen LogP contribution < -0.4 is 0 Å². The molecular weight excluding hydrogens is 213 g/mol. The van der Waals surface area contributed by atoms with E-state index < -0.39 is 11.7 Å². The molecule has 0 nitrogen and oxygen atoms in total. The number of rotatable bonds is 2. The molecule has 0 bridgehead atoms. The van der Waals surface area contributed by atoms with Gasteiger partial charge in [-0.2, -0.15) is 13.2 Å². The Morgan fingerprint density at radius 3 is 2.43 bits per heavy atom. The summed E-state index contributed by atoms with van der Waals surface area (Å²) in [5.74, 6) is 0. The van der Waals surface area contributed by atoms with Gasteiger partial charge in [-0.1, -0.05) is 24.6 Å². The molecule has 0 atom stereocenters. The lowest BCUT2D eigenvalue weighted by molar-refractivity contribution is -0.137. The summed E-state index contributed by atoms with van der Waals surface area (Å²) in [7, 11) is 0. The van der Waals surface area contributed by atoms with Crippen LogP contribution >= 0.6 is 11.6 Å². The van der Waals surface area contributed by atoms with Crippen molar-refractivity contribution < 1.29 is 13.2 Å². The van der Waals surface area contributed by atoms with Gasteiger partial charge in [0.15, 0.2) is 0 Å². The van der Waals surface area contributed by atoms with E-state index in [0.717, 1.165) is 6.07 Å². The second kappa shape index (κ2) is 4.22. The van der Waals surface area contributed by atoms with E-state index in [-0.39, 0.29) is 5.02 Å². The standard InChI is InChI=1S/C10H9ClF3/c1-2-3-7-4-5-9(11)8(6-7)10(12,13)14/h4-6H,1-3H2. The fraction of sp³-hybridized carbons (Fsp3) is 0.300. The summed E-state index contributed by atoms with van der Waals surface area (Å²) in [6, 6.07) is 3.94. The fourth-order valence-electron chi connectivity index (χ4n) is 1.15. The Morgan fingerprint density at radius 2 is 1.93 bits per heavy atom. The first-order chi connectivity index (χ1) is 6.45. The van der Waals surface area contributed by atoms with Gasteiger partial charge < -0.3 is 0 Å². The quantitative estimate of drug-likeness (QED) is 0.705. The average Bonchev–Trinajstić information content (AvgIpc) is 2.07. The van der Waals surface area contributed by atoms with E-state index in [2.05, 4.69) is 6.92 Å². The summed E-state index contributed by atoms with van der Waals surface area (Å²) in [4.78, 5) is 0. The van der Waals surface area contributed by atoms with Gasteiger partial charge in [-0.25, -0.2) is 0 Å². The number of benzene rings is 1. The van der Waals surface area contributed by atoms with Gasteiger partial charge >= 0.3 is 6.18 Å². The monoisotopic (exact) mass is 221 g/mol. The van der Waals surface area contributed by atoms with Gasteiger partial charge in [-0.15, -0.1) is 0 Å². The maximum atomic E-state index is 12.4. The Kier molecular flexibility index (Phi) is 3.43. The van der Waals surface area contributed by atoms with E-state index in [1.165, 1.54) is 6.07 Å². The first kappa shape index (κ1) is 11.4. The Bertz CT molecular complexity index is 318. The molecular formula is C10H9ClF3. The lowest BCUT2D eigenvalue weighted by Crippen LogP contribution is -2.06. The minimum Gasteiger partial charge on any atom is -0.166 e. The number of alkyl halides is 3. The number of halogens is 4. The van der Waals surface area contributed by atoms with Crippen molar-refractivity contribution in [3.05, 3.63) is 41.3 Å². The van der Waals surface area contributed by atoms with E-state index in [4.69, 9.17) is 11.6 Å². The second-order valence-corrected chi connectivity index (χ2v) is 3.32. The SMILES string of the molecule is [CH2]CCc1ccc(Cl)c(C(F)(F)F)c1. The van der Waals surface area contributed by atoms with Crippen molar-refractivity contribution in [1.29, 1.82) is 0 Å². The molecule has 1 radical (unpaired) electrons. The van der Waals surface area contributed by atoms with Gasteiger partial charge in [0, 0.05) is 0 Å². The molecule has 0 saturated heterocycles. The van der Waals surface area contributed by atoms with Crippen molar-refractivity contribution in [2.75, 3.05) is 0 Å². The van der Waals surface area contributed by atoms with Crippen LogP contribution in [0.4, 0.5) is 13.2 Å². The zero-order chi connectivity index (χ0) is 10.8. The molecule has 0 spiro atoms. The van der Waals surface area contributed by atoms with E-state index in [1.807, 2.05) is 0 Å². The lowest BCUT2D eigenvalue weighted by atomic mass is 10.1. The van der Waals surface area contributed by atoms with Gasteiger partial charge in [-0.3, -0.25) is 0 Å². The summed E-state index contributed by atoms with van der Waals surface area (Å²) in [5, 5.41) is -0.259. The Morgan fingerprint density at radius 1 is 1.29 bits per heavy atom. The van der Waals surface area contributed by atoms with Crippen LogP contribution in [0.15, 0.2) is 18.2 Å². The van der Waals surface area contributed by atoms with Gasteiger partial charge in [0.1, 0.15) is 0 Å². The van der Waals surface area contributed by atoms with Crippen molar-refractivity contribution in [1.82, 2.24) is 0 Å². The highest BCUT2D eigenvalue weighted by atomic mass is 35.5. The molecule has 0 heterocycles. The van der Waals surface area contributed by atoms with Crippen molar-refractivity contribution >= 4 is 11.6 Å². The first-order valence-corrected chi connectivity index (χ1v) is 4.48. The third-order valence-corrected chi connectivity index (χ3v) is 2.13. The highest BCUT2D eigenvalue weighted by molar-refractivity contribution is 6.31. The molecule has 77 valence electrons. The molecule has 0 amide bonds. The van der Waals surface area contributed by atoms with Crippen LogP contribution in [0.25, 0.3) is 0 Å². The second-order valence-electron chi connectivity index (χ2n) is 2.92. The van der Waals surface area contributed by atoms with Crippen molar-refractivity contribution in [2.45, 2.75) is 19.0 Å². The molecule has 14 heavy (non-hydrogen) atoms. The van der Waals surface area contributed by atoms with Gasteiger partial charge in [0.25, 0.3) is 0 Å². The third kappa shape index (κ3) is 2.64. The molecule has 1 rings (SSSR count). The molecule has 0 aromatic heterocycles. The molecule has 4 heteroatoms. The van der Waals surface area contributed by atoms with Crippen LogP contribution in [-0.2, 0) is 12.6 Å². The van der Waals surface area contributed by atoms with Gasteiger partial charge in [-0.05, 0) is 30.5 Å². The molecule has 0 aliphatic heterocycles. The van der Waals surface area contributed by atoms with E-state index in [9.17, 15) is 13.2 Å². The average molecular weight is 222 g/mol.